The van der Waals surface area contributed by atoms with Crippen molar-refractivity contribution < 1.29 is 19.2 Å². The third kappa shape index (κ3) is 2.57. The lowest BCUT2D eigenvalue weighted by Crippen LogP contribution is -2.18. The minimum Gasteiger partial charge on any atom is -0.465 e. The van der Waals surface area contributed by atoms with Crippen LogP contribution in [0.15, 0.2) is 48.8 Å². The first-order chi connectivity index (χ1) is 8.70. The van der Waals surface area contributed by atoms with Crippen molar-refractivity contribution in [2.75, 3.05) is 7.11 Å². The van der Waals surface area contributed by atoms with Crippen LogP contribution in [0.25, 0.3) is 0 Å². The Kier molecular flexibility index (Phi) is 3.43. The first-order valence-corrected chi connectivity index (χ1v) is 5.25. The van der Waals surface area contributed by atoms with Crippen LogP contribution in [-0.2, 0) is 4.74 Å². The van der Waals surface area contributed by atoms with Gasteiger partial charge in [0.1, 0.15) is 0 Å². The van der Waals surface area contributed by atoms with E-state index in [2.05, 4.69) is 4.74 Å². The van der Waals surface area contributed by atoms with Crippen LogP contribution in [-0.4, -0.2) is 23.8 Å². The summed E-state index contributed by atoms with van der Waals surface area (Å²) >= 11 is 0. The Balaban J connectivity index is 2.18. The molecule has 5 heteroatoms. The maximum atomic E-state index is 11.8. The third-order valence-corrected chi connectivity index (χ3v) is 2.28. The van der Waals surface area contributed by atoms with Gasteiger partial charge in [0.2, 0.25) is 0 Å². The Bertz CT molecular complexity index is 560. The average molecular weight is 245 g/mol. The van der Waals surface area contributed by atoms with Gasteiger partial charge in [-0.1, -0.05) is 6.07 Å². The highest BCUT2D eigenvalue weighted by atomic mass is 16.7. The third-order valence-electron chi connectivity index (χ3n) is 2.28. The zero-order valence-electron chi connectivity index (χ0n) is 9.70. The lowest BCUT2D eigenvalue weighted by Gasteiger charge is -2.05. The number of ether oxygens (including phenoxy) is 1. The lowest BCUT2D eigenvalue weighted by molar-refractivity contribution is 0.0463. The fourth-order valence-electron chi connectivity index (χ4n) is 1.42. The van der Waals surface area contributed by atoms with Gasteiger partial charge in [-0.25, -0.2) is 9.59 Å². The van der Waals surface area contributed by atoms with Crippen molar-refractivity contribution in [3.63, 3.8) is 0 Å². The quantitative estimate of drug-likeness (QED) is 0.770. The van der Waals surface area contributed by atoms with E-state index in [-0.39, 0.29) is 5.56 Å². The summed E-state index contributed by atoms with van der Waals surface area (Å²) in [6.45, 7) is 0. The van der Waals surface area contributed by atoms with E-state index in [4.69, 9.17) is 4.84 Å². The van der Waals surface area contributed by atoms with E-state index >= 15 is 0 Å². The number of aromatic nitrogens is 1. The molecule has 0 fully saturated rings. The maximum absolute atomic E-state index is 11.8. The predicted molar refractivity (Wildman–Crippen MR) is 63.1 cm³/mol. The van der Waals surface area contributed by atoms with Gasteiger partial charge in [-0.15, -0.1) is 0 Å². The normalized spacial score (nSPS) is 9.83. The molecule has 18 heavy (non-hydrogen) atoms. The molecular formula is C13H11NO4. The molecule has 0 N–H and O–H groups in total. The van der Waals surface area contributed by atoms with E-state index in [0.717, 1.165) is 0 Å². The van der Waals surface area contributed by atoms with E-state index in [1.165, 1.54) is 17.9 Å². The van der Waals surface area contributed by atoms with Gasteiger partial charge in [0, 0.05) is 12.4 Å². The molecular weight excluding hydrogens is 234 g/mol. The monoisotopic (exact) mass is 245 g/mol. The second-order valence-corrected chi connectivity index (χ2v) is 3.49. The molecule has 0 radical (unpaired) electrons. The molecule has 5 nitrogen and oxygen atoms in total. The van der Waals surface area contributed by atoms with E-state index in [9.17, 15) is 9.59 Å². The highest BCUT2D eigenvalue weighted by Crippen LogP contribution is 2.07. The number of hydrogen-bond donors (Lipinski definition) is 0. The van der Waals surface area contributed by atoms with Crippen molar-refractivity contribution >= 4 is 11.9 Å². The predicted octanol–water partition coefficient (Wildman–Crippen LogP) is 1.54. The minimum absolute atomic E-state index is 0.284. The zero-order valence-corrected chi connectivity index (χ0v) is 9.70. The summed E-state index contributed by atoms with van der Waals surface area (Å²) < 4.78 is 5.87. The van der Waals surface area contributed by atoms with Crippen molar-refractivity contribution in [2.45, 2.75) is 0 Å². The molecule has 92 valence electrons. The van der Waals surface area contributed by atoms with Crippen LogP contribution in [0.1, 0.15) is 20.7 Å². The number of rotatable bonds is 3. The molecule has 0 bridgehead atoms. The van der Waals surface area contributed by atoms with Gasteiger partial charge in [-0.05, 0) is 30.3 Å². The summed E-state index contributed by atoms with van der Waals surface area (Å²) in [6.07, 6.45) is 3.20. The molecule has 0 aliphatic carbocycles. The fraction of sp³-hybridized carbons (Fsp3) is 0.0769. The van der Waals surface area contributed by atoms with Crippen molar-refractivity contribution in [2.24, 2.45) is 0 Å². The summed E-state index contributed by atoms with van der Waals surface area (Å²) in [5.74, 6) is -1.04. The summed E-state index contributed by atoms with van der Waals surface area (Å²) in [5.41, 5.74) is 0.589. The van der Waals surface area contributed by atoms with Crippen molar-refractivity contribution in [1.29, 1.82) is 0 Å². The Morgan fingerprint density at radius 2 is 1.61 bits per heavy atom. The lowest BCUT2D eigenvalue weighted by atomic mass is 10.1. The number of carbonyl (C=O) groups excluding carboxylic acids is 2. The molecule has 0 spiro atoms. The molecule has 0 saturated carbocycles. The van der Waals surface area contributed by atoms with E-state index in [1.54, 1.807) is 42.7 Å². The molecule has 1 heterocycles. The zero-order chi connectivity index (χ0) is 13.0. The van der Waals surface area contributed by atoms with Crippen molar-refractivity contribution in [3.8, 4) is 0 Å². The topological polar surface area (TPSA) is 57.5 Å². The molecule has 1 aromatic heterocycles. The van der Waals surface area contributed by atoms with E-state index in [0.29, 0.717) is 5.56 Å². The molecule has 0 aliphatic rings. The molecule has 2 rings (SSSR count). The van der Waals surface area contributed by atoms with Crippen LogP contribution < -0.4 is 4.84 Å². The van der Waals surface area contributed by atoms with Crippen LogP contribution >= 0.6 is 0 Å². The summed E-state index contributed by atoms with van der Waals surface area (Å²) in [5, 5.41) is 0. The van der Waals surface area contributed by atoms with Crippen LogP contribution in [0.3, 0.4) is 0 Å². The highest BCUT2D eigenvalue weighted by Gasteiger charge is 2.12. The average Bonchev–Trinajstić information content (AvgIpc) is 2.90. The van der Waals surface area contributed by atoms with Crippen LogP contribution in [0.5, 0.6) is 0 Å². The molecule has 0 amide bonds. The first kappa shape index (κ1) is 11.9. The largest absolute Gasteiger partial charge is 0.465 e. The number of carbonyl (C=O) groups is 2. The van der Waals surface area contributed by atoms with Gasteiger partial charge >= 0.3 is 11.9 Å². The molecule has 2 aromatic rings. The van der Waals surface area contributed by atoms with Crippen molar-refractivity contribution in [1.82, 2.24) is 4.73 Å². The number of benzene rings is 1. The van der Waals surface area contributed by atoms with Crippen LogP contribution in [0.4, 0.5) is 0 Å². The highest BCUT2D eigenvalue weighted by molar-refractivity contribution is 5.95. The van der Waals surface area contributed by atoms with Gasteiger partial charge in [-0.3, -0.25) is 0 Å². The Morgan fingerprint density at radius 3 is 2.22 bits per heavy atom. The maximum Gasteiger partial charge on any atom is 0.363 e. The Morgan fingerprint density at radius 1 is 1.00 bits per heavy atom. The van der Waals surface area contributed by atoms with Gasteiger partial charge < -0.3 is 9.57 Å². The summed E-state index contributed by atoms with van der Waals surface area (Å²) in [7, 11) is 1.28. The van der Waals surface area contributed by atoms with Gasteiger partial charge in [0.15, 0.2) is 0 Å². The van der Waals surface area contributed by atoms with Crippen LogP contribution in [0, 0.1) is 0 Å². The molecule has 0 atom stereocenters. The van der Waals surface area contributed by atoms with Crippen LogP contribution in [0.2, 0.25) is 0 Å². The van der Waals surface area contributed by atoms with Gasteiger partial charge in [-0.2, -0.15) is 4.73 Å². The SMILES string of the molecule is COC(=O)c1cccc(C(=O)On2cccc2)c1. The van der Waals surface area contributed by atoms with E-state index < -0.39 is 11.9 Å². The summed E-state index contributed by atoms with van der Waals surface area (Å²) in [6, 6.07) is 9.63. The second kappa shape index (κ2) is 5.18. The second-order valence-electron chi connectivity index (χ2n) is 3.49. The molecule has 1 aromatic carbocycles. The first-order valence-electron chi connectivity index (χ1n) is 5.25. The number of methoxy groups -OCH3 is 1. The van der Waals surface area contributed by atoms with E-state index in [1.807, 2.05) is 0 Å². The standard InChI is InChI=1S/C13H11NO4/c1-17-12(15)10-5-4-6-11(9-10)13(16)18-14-7-2-3-8-14/h2-9H,1H3. The van der Waals surface area contributed by atoms with Gasteiger partial charge in [0.25, 0.3) is 0 Å². The van der Waals surface area contributed by atoms with Gasteiger partial charge in [0.05, 0.1) is 18.2 Å². The number of nitrogens with zero attached hydrogens (tertiary/aromatic N) is 1. The Labute approximate surface area is 104 Å². The molecule has 0 unspecified atom stereocenters. The fourth-order valence-corrected chi connectivity index (χ4v) is 1.42. The molecule has 0 aliphatic heterocycles. The molecule has 0 saturated heterocycles. The smallest absolute Gasteiger partial charge is 0.363 e. The van der Waals surface area contributed by atoms with Crippen molar-refractivity contribution in [3.05, 3.63) is 59.9 Å². The number of hydrogen-bond acceptors (Lipinski definition) is 4. The summed E-state index contributed by atoms with van der Waals surface area (Å²) in [4.78, 5) is 28.1. The minimum atomic E-state index is -0.544. The number of esters is 1. The Hall–Kier alpha value is -2.56.